The summed E-state index contributed by atoms with van der Waals surface area (Å²) in [5.74, 6) is -0.366. The Balaban J connectivity index is 2.21. The zero-order chi connectivity index (χ0) is 13.8. The van der Waals surface area contributed by atoms with Crippen LogP contribution in [0.15, 0.2) is 42.5 Å². The highest BCUT2D eigenvalue weighted by Crippen LogP contribution is 2.21. The van der Waals surface area contributed by atoms with Crippen LogP contribution in [0.3, 0.4) is 0 Å². The number of aryl methyl sites for hydroxylation is 1. The van der Waals surface area contributed by atoms with Gasteiger partial charge >= 0.3 is 0 Å². The van der Waals surface area contributed by atoms with Crippen LogP contribution in [0.25, 0.3) is 0 Å². The third kappa shape index (κ3) is 3.11. The van der Waals surface area contributed by atoms with Crippen molar-refractivity contribution in [1.29, 1.82) is 5.26 Å². The normalized spacial score (nSPS) is 10.0. The molecule has 0 N–H and O–H groups in total. The van der Waals surface area contributed by atoms with E-state index in [2.05, 4.69) is 6.07 Å². The highest BCUT2D eigenvalue weighted by atomic mass is 19.1. The summed E-state index contributed by atoms with van der Waals surface area (Å²) in [6.07, 6.45) is 0. The fourth-order valence-corrected chi connectivity index (χ4v) is 2.06. The molecule has 0 amide bonds. The fourth-order valence-electron chi connectivity index (χ4n) is 2.06. The van der Waals surface area contributed by atoms with Crippen LogP contribution in [-0.2, 0) is 6.54 Å². The Morgan fingerprint density at radius 3 is 2.63 bits per heavy atom. The van der Waals surface area contributed by atoms with Crippen molar-refractivity contribution in [2.45, 2.75) is 13.5 Å². The van der Waals surface area contributed by atoms with Crippen LogP contribution < -0.4 is 4.90 Å². The molecule has 0 aliphatic heterocycles. The van der Waals surface area contributed by atoms with E-state index in [0.717, 1.165) is 5.56 Å². The van der Waals surface area contributed by atoms with Gasteiger partial charge in [-0.2, -0.15) is 5.26 Å². The fraction of sp³-hybridized carbons (Fsp3) is 0.188. The minimum Gasteiger partial charge on any atom is -0.368 e. The van der Waals surface area contributed by atoms with E-state index in [1.807, 2.05) is 43.1 Å². The molecule has 0 atom stereocenters. The molecule has 2 aromatic carbocycles. The SMILES string of the molecule is Cc1cccc(CN(C)c2ccc(C#N)cc2F)c1. The summed E-state index contributed by atoms with van der Waals surface area (Å²) in [7, 11) is 1.84. The second kappa shape index (κ2) is 5.53. The molecule has 0 bridgehead atoms. The molecule has 96 valence electrons. The summed E-state index contributed by atoms with van der Waals surface area (Å²) in [6, 6.07) is 14.6. The molecule has 2 rings (SSSR count). The maximum atomic E-state index is 13.9. The summed E-state index contributed by atoms with van der Waals surface area (Å²) in [5.41, 5.74) is 3.16. The lowest BCUT2D eigenvalue weighted by Crippen LogP contribution is -2.17. The summed E-state index contributed by atoms with van der Waals surface area (Å²) in [6.45, 7) is 2.66. The van der Waals surface area contributed by atoms with E-state index in [1.165, 1.54) is 11.6 Å². The Kier molecular flexibility index (Phi) is 3.82. The first kappa shape index (κ1) is 13.1. The second-order valence-electron chi connectivity index (χ2n) is 4.62. The predicted octanol–water partition coefficient (Wildman–Crippen LogP) is 3.64. The van der Waals surface area contributed by atoms with Gasteiger partial charge in [-0.15, -0.1) is 0 Å². The van der Waals surface area contributed by atoms with Gasteiger partial charge in [-0.25, -0.2) is 4.39 Å². The van der Waals surface area contributed by atoms with Crippen LogP contribution in [-0.4, -0.2) is 7.05 Å². The zero-order valence-electron chi connectivity index (χ0n) is 11.0. The van der Waals surface area contributed by atoms with Crippen molar-refractivity contribution in [1.82, 2.24) is 0 Å². The molecule has 0 radical (unpaired) electrons. The van der Waals surface area contributed by atoms with Crippen molar-refractivity contribution >= 4 is 5.69 Å². The molecular formula is C16H15FN2. The minimum atomic E-state index is -0.366. The van der Waals surface area contributed by atoms with Crippen molar-refractivity contribution in [3.05, 3.63) is 65.0 Å². The molecule has 0 unspecified atom stereocenters. The molecule has 0 heterocycles. The van der Waals surface area contributed by atoms with E-state index >= 15 is 0 Å². The number of anilines is 1. The minimum absolute atomic E-state index is 0.338. The standard InChI is InChI=1S/C16H15FN2/c1-12-4-3-5-14(8-12)11-19(2)16-7-6-13(10-18)9-15(16)17/h3-9H,11H2,1-2H3. The number of nitriles is 1. The smallest absolute Gasteiger partial charge is 0.147 e. The quantitative estimate of drug-likeness (QED) is 0.836. The highest BCUT2D eigenvalue weighted by Gasteiger charge is 2.09. The maximum Gasteiger partial charge on any atom is 0.147 e. The number of halogens is 1. The van der Waals surface area contributed by atoms with Crippen LogP contribution >= 0.6 is 0 Å². The van der Waals surface area contributed by atoms with Gasteiger partial charge in [0.2, 0.25) is 0 Å². The summed E-state index contributed by atoms with van der Waals surface area (Å²) in [5, 5.41) is 8.73. The van der Waals surface area contributed by atoms with Gasteiger partial charge in [0.05, 0.1) is 17.3 Å². The predicted molar refractivity (Wildman–Crippen MR) is 74.4 cm³/mol. The molecule has 0 fully saturated rings. The number of benzene rings is 2. The lowest BCUT2D eigenvalue weighted by Gasteiger charge is -2.20. The molecular weight excluding hydrogens is 239 g/mol. The van der Waals surface area contributed by atoms with Gasteiger partial charge in [0.1, 0.15) is 5.82 Å². The average Bonchev–Trinajstić information content (AvgIpc) is 2.38. The van der Waals surface area contributed by atoms with Crippen LogP contribution in [0.2, 0.25) is 0 Å². The topological polar surface area (TPSA) is 27.0 Å². The van der Waals surface area contributed by atoms with Crippen molar-refractivity contribution in [2.24, 2.45) is 0 Å². The third-order valence-electron chi connectivity index (χ3n) is 2.99. The van der Waals surface area contributed by atoms with Gasteiger partial charge in [-0.05, 0) is 30.7 Å². The number of hydrogen-bond acceptors (Lipinski definition) is 2. The van der Waals surface area contributed by atoms with Gasteiger partial charge in [0.25, 0.3) is 0 Å². The number of hydrogen-bond donors (Lipinski definition) is 0. The first-order chi connectivity index (χ1) is 9.10. The molecule has 19 heavy (non-hydrogen) atoms. The van der Waals surface area contributed by atoms with E-state index in [0.29, 0.717) is 17.8 Å². The van der Waals surface area contributed by atoms with Gasteiger partial charge in [0.15, 0.2) is 0 Å². The lowest BCUT2D eigenvalue weighted by atomic mass is 10.1. The average molecular weight is 254 g/mol. The van der Waals surface area contributed by atoms with Crippen LogP contribution in [0.5, 0.6) is 0 Å². The molecule has 0 aliphatic rings. The Hall–Kier alpha value is -2.34. The largest absolute Gasteiger partial charge is 0.368 e. The summed E-state index contributed by atoms with van der Waals surface area (Å²) >= 11 is 0. The van der Waals surface area contributed by atoms with Gasteiger partial charge in [-0.1, -0.05) is 29.8 Å². The third-order valence-corrected chi connectivity index (χ3v) is 2.99. The zero-order valence-corrected chi connectivity index (χ0v) is 11.0. The van der Waals surface area contributed by atoms with Crippen LogP contribution in [0.4, 0.5) is 10.1 Å². The molecule has 0 aromatic heterocycles. The molecule has 0 aliphatic carbocycles. The molecule has 0 saturated carbocycles. The molecule has 0 saturated heterocycles. The van der Waals surface area contributed by atoms with Crippen molar-refractivity contribution < 1.29 is 4.39 Å². The summed E-state index contributed by atoms with van der Waals surface area (Å²) < 4.78 is 13.9. The molecule has 2 aromatic rings. The molecule has 3 heteroatoms. The van der Waals surface area contributed by atoms with E-state index in [4.69, 9.17) is 5.26 Å². The van der Waals surface area contributed by atoms with E-state index in [1.54, 1.807) is 12.1 Å². The van der Waals surface area contributed by atoms with E-state index in [-0.39, 0.29) is 5.82 Å². The van der Waals surface area contributed by atoms with Crippen molar-refractivity contribution in [2.75, 3.05) is 11.9 Å². The van der Waals surface area contributed by atoms with Crippen molar-refractivity contribution in [3.63, 3.8) is 0 Å². The van der Waals surface area contributed by atoms with Crippen LogP contribution in [0.1, 0.15) is 16.7 Å². The van der Waals surface area contributed by atoms with Gasteiger partial charge < -0.3 is 4.90 Å². The Morgan fingerprint density at radius 1 is 1.21 bits per heavy atom. The first-order valence-electron chi connectivity index (χ1n) is 6.06. The Morgan fingerprint density at radius 2 is 2.00 bits per heavy atom. The Bertz CT molecular complexity index is 629. The monoisotopic (exact) mass is 254 g/mol. The maximum absolute atomic E-state index is 13.9. The summed E-state index contributed by atoms with van der Waals surface area (Å²) in [4.78, 5) is 1.84. The first-order valence-corrected chi connectivity index (χ1v) is 6.06. The van der Waals surface area contributed by atoms with Gasteiger partial charge in [0, 0.05) is 13.6 Å². The van der Waals surface area contributed by atoms with E-state index < -0.39 is 0 Å². The number of rotatable bonds is 3. The van der Waals surface area contributed by atoms with Crippen molar-refractivity contribution in [3.8, 4) is 6.07 Å². The highest BCUT2D eigenvalue weighted by molar-refractivity contribution is 5.51. The van der Waals surface area contributed by atoms with Crippen LogP contribution in [0, 0.1) is 24.1 Å². The van der Waals surface area contributed by atoms with Gasteiger partial charge in [-0.3, -0.25) is 0 Å². The molecule has 0 spiro atoms. The van der Waals surface area contributed by atoms with E-state index in [9.17, 15) is 4.39 Å². The second-order valence-corrected chi connectivity index (χ2v) is 4.62. The number of nitrogens with zero attached hydrogens (tertiary/aromatic N) is 2. The lowest BCUT2D eigenvalue weighted by molar-refractivity contribution is 0.622. The Labute approximate surface area is 112 Å². The molecule has 2 nitrogen and oxygen atoms in total.